The molecule has 1 saturated carbocycles. The fourth-order valence-electron chi connectivity index (χ4n) is 1.80. The highest BCUT2D eigenvalue weighted by Gasteiger charge is 2.22. The minimum Gasteiger partial charge on any atom is -0.383 e. The monoisotopic (exact) mass is 281 g/mol. The van der Waals surface area contributed by atoms with E-state index in [1.807, 2.05) is 0 Å². The van der Waals surface area contributed by atoms with Crippen LogP contribution < -0.4 is 27.6 Å². The molecule has 1 heterocycles. The first kappa shape index (κ1) is 14.2. The van der Waals surface area contributed by atoms with Crippen molar-refractivity contribution in [2.45, 2.75) is 31.7 Å². The molecule has 0 spiro atoms. The molecule has 0 aromatic carbocycles. The largest absolute Gasteiger partial charge is 0.383 e. The third-order valence-corrected chi connectivity index (χ3v) is 3.19. The first-order chi connectivity index (χ1) is 9.49. The Bertz CT molecular complexity index is 614. The Kier molecular flexibility index (Phi) is 4.11. The maximum atomic E-state index is 11.6. The van der Waals surface area contributed by atoms with Crippen LogP contribution in [0.15, 0.2) is 9.59 Å². The minimum atomic E-state index is -0.554. The van der Waals surface area contributed by atoms with Crippen molar-refractivity contribution >= 4 is 17.4 Å². The smallest absolute Gasteiger partial charge is 0.329 e. The molecule has 0 radical (unpaired) electrons. The molecule has 8 nitrogen and oxygen atoms in total. The SMILES string of the molecule is Cn1c(N)c(NCCCC(=O)NC2CC2)c(=O)[nH]c1=O. The molecule has 1 amide bonds. The first-order valence-electron chi connectivity index (χ1n) is 6.61. The quantitative estimate of drug-likeness (QED) is 0.505. The summed E-state index contributed by atoms with van der Waals surface area (Å²) in [6, 6.07) is 0.359. The number of carbonyl (C=O) groups excluding carboxylic acids is 1. The number of rotatable bonds is 6. The molecule has 1 aromatic heterocycles. The summed E-state index contributed by atoms with van der Waals surface area (Å²) in [5, 5.41) is 5.75. The maximum Gasteiger partial charge on any atom is 0.329 e. The van der Waals surface area contributed by atoms with Gasteiger partial charge in [-0.2, -0.15) is 0 Å². The number of nitrogen functional groups attached to an aromatic ring is 1. The molecule has 1 fully saturated rings. The summed E-state index contributed by atoms with van der Waals surface area (Å²) in [7, 11) is 1.47. The molecule has 0 unspecified atom stereocenters. The van der Waals surface area contributed by atoms with Crippen LogP contribution in [0.4, 0.5) is 11.5 Å². The average molecular weight is 281 g/mol. The van der Waals surface area contributed by atoms with Gasteiger partial charge < -0.3 is 16.4 Å². The second kappa shape index (κ2) is 5.81. The summed E-state index contributed by atoms with van der Waals surface area (Å²) in [5.74, 6) is 0.109. The number of nitrogens with zero attached hydrogens (tertiary/aromatic N) is 1. The van der Waals surface area contributed by atoms with Gasteiger partial charge >= 0.3 is 5.69 Å². The molecule has 20 heavy (non-hydrogen) atoms. The van der Waals surface area contributed by atoms with Gasteiger partial charge in [-0.05, 0) is 19.3 Å². The summed E-state index contributed by atoms with van der Waals surface area (Å²) in [6.45, 7) is 0.434. The van der Waals surface area contributed by atoms with Gasteiger partial charge in [-0.3, -0.25) is 19.1 Å². The van der Waals surface area contributed by atoms with Crippen molar-refractivity contribution in [3.05, 3.63) is 20.8 Å². The molecule has 0 bridgehead atoms. The lowest BCUT2D eigenvalue weighted by Gasteiger charge is -2.10. The van der Waals surface area contributed by atoms with E-state index in [1.54, 1.807) is 0 Å². The molecule has 8 heteroatoms. The van der Waals surface area contributed by atoms with E-state index in [4.69, 9.17) is 5.73 Å². The van der Waals surface area contributed by atoms with Gasteiger partial charge in [0.2, 0.25) is 5.91 Å². The average Bonchev–Trinajstić information content (AvgIpc) is 3.19. The van der Waals surface area contributed by atoms with Crippen molar-refractivity contribution in [2.75, 3.05) is 17.6 Å². The molecular weight excluding hydrogens is 262 g/mol. The molecule has 110 valence electrons. The van der Waals surface area contributed by atoms with E-state index in [0.717, 1.165) is 17.4 Å². The van der Waals surface area contributed by atoms with E-state index >= 15 is 0 Å². The zero-order valence-electron chi connectivity index (χ0n) is 11.4. The van der Waals surface area contributed by atoms with Crippen molar-refractivity contribution in [3.8, 4) is 0 Å². The van der Waals surface area contributed by atoms with Crippen LogP contribution >= 0.6 is 0 Å². The van der Waals surface area contributed by atoms with Crippen molar-refractivity contribution in [2.24, 2.45) is 7.05 Å². The number of hydrogen-bond donors (Lipinski definition) is 4. The van der Waals surface area contributed by atoms with Crippen molar-refractivity contribution in [3.63, 3.8) is 0 Å². The van der Waals surface area contributed by atoms with Crippen LogP contribution in [0.1, 0.15) is 25.7 Å². The Hall–Kier alpha value is -2.25. The Labute approximate surface area is 115 Å². The summed E-state index contributed by atoms with van der Waals surface area (Å²) < 4.78 is 1.16. The summed E-state index contributed by atoms with van der Waals surface area (Å²) in [5.41, 5.74) is 4.76. The summed E-state index contributed by atoms with van der Waals surface area (Å²) in [4.78, 5) is 36.5. The van der Waals surface area contributed by atoms with Crippen LogP contribution in [-0.2, 0) is 11.8 Å². The number of hydrogen-bond acceptors (Lipinski definition) is 5. The topological polar surface area (TPSA) is 122 Å². The van der Waals surface area contributed by atoms with E-state index in [9.17, 15) is 14.4 Å². The Morgan fingerprint density at radius 3 is 2.80 bits per heavy atom. The molecular formula is C12H19N5O3. The van der Waals surface area contributed by atoms with Crippen molar-refractivity contribution < 1.29 is 4.79 Å². The standard InChI is InChI=1S/C12H19N5O3/c1-17-10(13)9(11(19)16-12(17)20)14-6-2-3-8(18)15-7-4-5-7/h7,14H,2-6,13H2,1H3,(H,15,18)(H,16,19,20). The van der Waals surface area contributed by atoms with E-state index < -0.39 is 11.2 Å². The van der Waals surface area contributed by atoms with Gasteiger partial charge in [0.1, 0.15) is 11.5 Å². The van der Waals surface area contributed by atoms with Gasteiger partial charge in [0, 0.05) is 26.1 Å². The number of aromatic nitrogens is 2. The van der Waals surface area contributed by atoms with E-state index in [0.29, 0.717) is 25.4 Å². The van der Waals surface area contributed by atoms with E-state index in [1.165, 1.54) is 7.05 Å². The number of nitrogens with two attached hydrogens (primary N) is 1. The van der Waals surface area contributed by atoms with Crippen LogP contribution in [0.2, 0.25) is 0 Å². The Balaban J connectivity index is 1.84. The number of aromatic amines is 1. The van der Waals surface area contributed by atoms with Gasteiger partial charge in [0.15, 0.2) is 0 Å². The van der Waals surface area contributed by atoms with Gasteiger partial charge in [0.25, 0.3) is 5.56 Å². The van der Waals surface area contributed by atoms with Gasteiger partial charge in [-0.15, -0.1) is 0 Å². The van der Waals surface area contributed by atoms with E-state index in [-0.39, 0.29) is 17.4 Å². The number of nitrogens with one attached hydrogen (secondary N) is 3. The van der Waals surface area contributed by atoms with Crippen LogP contribution in [0.3, 0.4) is 0 Å². The predicted octanol–water partition coefficient (Wildman–Crippen LogP) is -0.873. The minimum absolute atomic E-state index is 0.0247. The van der Waals surface area contributed by atoms with Gasteiger partial charge in [-0.25, -0.2) is 4.79 Å². The molecule has 2 rings (SSSR count). The van der Waals surface area contributed by atoms with Gasteiger partial charge in [-0.1, -0.05) is 0 Å². The zero-order valence-corrected chi connectivity index (χ0v) is 11.4. The van der Waals surface area contributed by atoms with Crippen LogP contribution in [0.5, 0.6) is 0 Å². The highest BCUT2D eigenvalue weighted by Crippen LogP contribution is 2.18. The van der Waals surface area contributed by atoms with Crippen LogP contribution in [0.25, 0.3) is 0 Å². The highest BCUT2D eigenvalue weighted by atomic mass is 16.2. The second-order valence-electron chi connectivity index (χ2n) is 4.95. The van der Waals surface area contributed by atoms with Crippen molar-refractivity contribution in [1.29, 1.82) is 0 Å². The Morgan fingerprint density at radius 1 is 1.45 bits per heavy atom. The molecule has 1 aliphatic carbocycles. The number of H-pyrrole nitrogens is 1. The highest BCUT2D eigenvalue weighted by molar-refractivity contribution is 5.76. The first-order valence-corrected chi connectivity index (χ1v) is 6.61. The third kappa shape index (κ3) is 3.40. The summed E-state index contributed by atoms with van der Waals surface area (Å²) in [6.07, 6.45) is 3.11. The van der Waals surface area contributed by atoms with Crippen molar-refractivity contribution in [1.82, 2.24) is 14.9 Å². The fraction of sp³-hybridized carbons (Fsp3) is 0.583. The normalized spacial score (nSPS) is 14.1. The molecule has 0 aliphatic heterocycles. The predicted molar refractivity (Wildman–Crippen MR) is 75.6 cm³/mol. The van der Waals surface area contributed by atoms with Crippen LogP contribution in [-0.4, -0.2) is 28.0 Å². The second-order valence-corrected chi connectivity index (χ2v) is 4.95. The molecule has 0 atom stereocenters. The molecule has 0 saturated heterocycles. The Morgan fingerprint density at radius 2 is 2.15 bits per heavy atom. The maximum absolute atomic E-state index is 11.6. The van der Waals surface area contributed by atoms with Crippen LogP contribution in [0, 0.1) is 0 Å². The number of anilines is 2. The van der Waals surface area contributed by atoms with Gasteiger partial charge in [0.05, 0.1) is 0 Å². The lowest BCUT2D eigenvalue weighted by molar-refractivity contribution is -0.121. The fourth-order valence-corrected chi connectivity index (χ4v) is 1.80. The number of carbonyl (C=O) groups is 1. The zero-order chi connectivity index (χ0) is 14.7. The third-order valence-electron chi connectivity index (χ3n) is 3.19. The number of amides is 1. The lowest BCUT2D eigenvalue weighted by Crippen LogP contribution is -2.32. The lowest BCUT2D eigenvalue weighted by atomic mass is 10.3. The molecule has 1 aromatic rings. The summed E-state index contributed by atoms with van der Waals surface area (Å²) >= 11 is 0. The molecule has 1 aliphatic rings. The van der Waals surface area contributed by atoms with E-state index in [2.05, 4.69) is 15.6 Å². The molecule has 5 N–H and O–H groups in total.